The molecule has 0 N–H and O–H groups in total. The van der Waals surface area contributed by atoms with E-state index in [0.29, 0.717) is 0 Å². The minimum atomic E-state index is -2.85. The van der Waals surface area contributed by atoms with Crippen molar-refractivity contribution in [1.82, 2.24) is 0 Å². The average Bonchev–Trinajstić information content (AvgIpc) is 0.811. The summed E-state index contributed by atoms with van der Waals surface area (Å²) in [6, 6.07) is 0. The Balaban J connectivity index is -0.0000000450. The van der Waals surface area contributed by atoms with Crippen LogP contribution in [0.2, 0.25) is 0 Å². The fourth-order valence-electron chi connectivity index (χ4n) is 0. The molecular weight excluding hydrogens is 214 g/mol. The van der Waals surface area contributed by atoms with Gasteiger partial charge in [0.2, 0.25) is 0 Å². The first-order chi connectivity index (χ1) is 1.73. The van der Waals surface area contributed by atoms with E-state index in [0.717, 1.165) is 0 Å². The molecule has 0 bridgehead atoms. The smallest absolute Gasteiger partial charge is 0.357 e. The summed E-state index contributed by atoms with van der Waals surface area (Å²) in [5.41, 5.74) is 0. The maximum Gasteiger partial charge on any atom is 1.00 e. The Hall–Kier alpha value is 2.69. The SMILES string of the molecule is [K+].[O-][Cl+2]([O-])[O-].[Zr]. The summed E-state index contributed by atoms with van der Waals surface area (Å²) in [6.07, 6.45) is 0. The molecule has 0 radical (unpaired) electrons. The van der Waals surface area contributed by atoms with E-state index >= 15 is 0 Å². The average molecular weight is 214 g/mol. The third-order valence-corrected chi connectivity index (χ3v) is 0. The molecule has 0 aliphatic carbocycles. The monoisotopic (exact) mass is 212 g/mol. The van der Waals surface area contributed by atoms with Gasteiger partial charge in [-0.3, -0.25) is 0 Å². The second kappa shape index (κ2) is 10.6. The van der Waals surface area contributed by atoms with E-state index in [-0.39, 0.29) is 77.6 Å². The van der Waals surface area contributed by atoms with Crippen LogP contribution < -0.4 is 65.4 Å². The van der Waals surface area contributed by atoms with E-state index in [9.17, 15) is 0 Å². The van der Waals surface area contributed by atoms with Crippen molar-refractivity contribution in [3.63, 3.8) is 0 Å². The molecule has 0 aromatic carbocycles. The zero-order valence-corrected chi connectivity index (χ0v) is 9.44. The Labute approximate surface area is 100 Å². The standard InChI is InChI=1S/ClO3.K.Zr/c2-1(3)4;;/q-1;+1;. The van der Waals surface area contributed by atoms with Crippen LogP contribution in [0, 0.1) is 10.8 Å². The molecule has 0 atom stereocenters. The summed E-state index contributed by atoms with van der Waals surface area (Å²) >= 11 is 0. The summed E-state index contributed by atoms with van der Waals surface area (Å²) in [7, 11) is -2.85. The van der Waals surface area contributed by atoms with Gasteiger partial charge in [-0.15, -0.1) is 0 Å². The first-order valence-electron chi connectivity index (χ1n) is 0.463. The molecule has 3 nitrogen and oxygen atoms in total. The molecule has 0 amide bonds. The van der Waals surface area contributed by atoms with Gasteiger partial charge < -0.3 is 14.0 Å². The molecule has 6 heteroatoms. The van der Waals surface area contributed by atoms with Crippen molar-refractivity contribution in [2.24, 2.45) is 0 Å². The molecular formula is ClKO3Zr. The van der Waals surface area contributed by atoms with E-state index in [1.165, 1.54) is 0 Å². The van der Waals surface area contributed by atoms with Crippen LogP contribution in [0.5, 0.6) is 0 Å². The molecule has 0 spiro atoms. The van der Waals surface area contributed by atoms with Crippen molar-refractivity contribution >= 4 is 0 Å². The van der Waals surface area contributed by atoms with E-state index in [2.05, 4.69) is 0 Å². The zero-order chi connectivity index (χ0) is 3.58. The van der Waals surface area contributed by atoms with Crippen LogP contribution in [0.25, 0.3) is 0 Å². The molecule has 0 rings (SSSR count). The molecule has 0 aromatic heterocycles. The predicted octanol–water partition coefficient (Wildman–Crippen LogP) is -6.57. The maximum atomic E-state index is 8.41. The van der Waals surface area contributed by atoms with Crippen LogP contribution in [0.4, 0.5) is 0 Å². The molecule has 0 unspecified atom stereocenters. The molecule has 0 aliphatic heterocycles. The van der Waals surface area contributed by atoms with Gasteiger partial charge in [-0.05, 0) is 0 Å². The van der Waals surface area contributed by atoms with Gasteiger partial charge in [0.25, 0.3) is 0 Å². The Morgan fingerprint density at radius 2 is 1.00 bits per heavy atom. The molecule has 0 saturated carbocycles. The van der Waals surface area contributed by atoms with Crippen LogP contribution in [0.3, 0.4) is 0 Å². The first kappa shape index (κ1) is 15.9. The van der Waals surface area contributed by atoms with Gasteiger partial charge in [0.05, 0.1) is 10.8 Å². The van der Waals surface area contributed by atoms with Crippen molar-refractivity contribution in [2.75, 3.05) is 0 Å². The minimum Gasteiger partial charge on any atom is -0.357 e. The minimum absolute atomic E-state index is 0. The van der Waals surface area contributed by atoms with Gasteiger partial charge in [0.1, 0.15) is 0 Å². The predicted molar refractivity (Wildman–Crippen MR) is 0 cm³/mol. The maximum absolute atomic E-state index is 8.41. The van der Waals surface area contributed by atoms with Crippen LogP contribution >= 0.6 is 0 Å². The van der Waals surface area contributed by atoms with E-state index in [4.69, 9.17) is 14.0 Å². The van der Waals surface area contributed by atoms with Crippen LogP contribution in [0.1, 0.15) is 0 Å². The molecule has 0 fully saturated rings. The number of hydrogen-bond donors (Lipinski definition) is 0. The van der Waals surface area contributed by atoms with Crippen molar-refractivity contribution in [1.29, 1.82) is 0 Å². The Morgan fingerprint density at radius 3 is 1.00 bits per heavy atom. The van der Waals surface area contributed by atoms with Gasteiger partial charge in [0, 0.05) is 26.2 Å². The zero-order valence-electron chi connectivity index (χ0n) is 3.10. The molecule has 6 heavy (non-hydrogen) atoms. The molecule has 0 heterocycles. The van der Waals surface area contributed by atoms with Crippen LogP contribution in [-0.2, 0) is 26.2 Å². The number of hydrogen-bond acceptors (Lipinski definition) is 3. The van der Waals surface area contributed by atoms with E-state index in [1.54, 1.807) is 0 Å². The third-order valence-electron chi connectivity index (χ3n) is 0. The normalized spacial score (nSPS) is 6.00. The van der Waals surface area contributed by atoms with E-state index in [1.807, 2.05) is 0 Å². The first-order valence-corrected chi connectivity index (χ1v) is 1.39. The number of halogens is 1. The van der Waals surface area contributed by atoms with Crippen molar-refractivity contribution in [3.05, 3.63) is 0 Å². The largest absolute Gasteiger partial charge is 1.00 e. The van der Waals surface area contributed by atoms with Crippen molar-refractivity contribution < 1.29 is 102 Å². The van der Waals surface area contributed by atoms with Crippen molar-refractivity contribution in [3.8, 4) is 0 Å². The van der Waals surface area contributed by atoms with Gasteiger partial charge in [-0.2, -0.15) is 0 Å². The van der Waals surface area contributed by atoms with E-state index < -0.39 is 10.8 Å². The van der Waals surface area contributed by atoms with Gasteiger partial charge in [-0.1, -0.05) is 0 Å². The molecule has 0 saturated heterocycles. The Morgan fingerprint density at radius 1 is 1.00 bits per heavy atom. The second-order valence-electron chi connectivity index (χ2n) is 0.189. The molecule has 0 aliphatic rings. The van der Waals surface area contributed by atoms with Gasteiger partial charge >= 0.3 is 51.4 Å². The summed E-state index contributed by atoms with van der Waals surface area (Å²) in [5.74, 6) is 0. The quantitative estimate of drug-likeness (QED) is 0.376. The molecule has 0 aromatic rings. The van der Waals surface area contributed by atoms with Crippen LogP contribution in [0.15, 0.2) is 0 Å². The Bertz CT molecular complexity index is 15.5. The summed E-state index contributed by atoms with van der Waals surface area (Å²) in [4.78, 5) is 0. The second-order valence-corrected chi connectivity index (χ2v) is 0.567. The van der Waals surface area contributed by atoms with Crippen molar-refractivity contribution in [2.45, 2.75) is 0 Å². The molecule has 30 valence electrons. The Kier molecular flexibility index (Phi) is 28.1. The number of rotatable bonds is 0. The fourth-order valence-corrected chi connectivity index (χ4v) is 0. The summed E-state index contributed by atoms with van der Waals surface area (Å²) in [5, 5.41) is 0. The summed E-state index contributed by atoms with van der Waals surface area (Å²) < 4.78 is 25.2. The third kappa shape index (κ3) is 29.9. The van der Waals surface area contributed by atoms with Gasteiger partial charge in [0.15, 0.2) is 0 Å². The van der Waals surface area contributed by atoms with Crippen LogP contribution in [-0.4, -0.2) is 0 Å². The summed E-state index contributed by atoms with van der Waals surface area (Å²) in [6.45, 7) is 0. The topological polar surface area (TPSA) is 69.2 Å². The fraction of sp³-hybridized carbons (Fsp3) is 0. The van der Waals surface area contributed by atoms with Gasteiger partial charge in [-0.25, -0.2) is 0 Å².